The van der Waals surface area contributed by atoms with Crippen molar-refractivity contribution in [3.63, 3.8) is 0 Å². The van der Waals surface area contributed by atoms with Crippen LogP contribution in [0.4, 0.5) is 0 Å². The molecule has 0 bridgehead atoms. The van der Waals surface area contributed by atoms with E-state index in [1.54, 1.807) is 0 Å². The number of rotatable bonds is 3. The van der Waals surface area contributed by atoms with Gasteiger partial charge in [0, 0.05) is 16.2 Å². The van der Waals surface area contributed by atoms with Crippen molar-refractivity contribution in [1.82, 2.24) is 0 Å². The fraction of sp³-hybridized carbons (Fsp3) is 0. The Morgan fingerprint density at radius 1 is 0.442 bits per heavy atom. The Morgan fingerprint density at radius 3 is 1.84 bits per heavy atom. The number of furan rings is 1. The first kappa shape index (κ1) is 18.7. The smallest absolute Gasteiger partial charge is 0.143 e. The van der Waals surface area contributed by atoms with E-state index in [1.165, 1.54) is 0 Å². The summed E-state index contributed by atoms with van der Waals surface area (Å²) < 4.78 is 58.4. The van der Waals surface area contributed by atoms with Gasteiger partial charge >= 0.3 is 0 Å². The van der Waals surface area contributed by atoms with Gasteiger partial charge in [-0.1, -0.05) is 139 Å². The maximum absolute atomic E-state index is 9.18. The van der Waals surface area contributed by atoms with Crippen LogP contribution in [0, 0.1) is 0 Å². The van der Waals surface area contributed by atoms with E-state index >= 15 is 0 Å². The molecule has 0 saturated heterocycles. The minimum absolute atomic E-state index is 0.0120. The first-order chi connectivity index (χ1) is 23.8. The van der Waals surface area contributed by atoms with E-state index in [9.17, 15) is 1.37 Å². The number of benzene rings is 8. The average molecular weight is 553 g/mol. The summed E-state index contributed by atoms with van der Waals surface area (Å²) in [7, 11) is 0. The van der Waals surface area contributed by atoms with Crippen LogP contribution in [0.15, 0.2) is 162 Å². The van der Waals surface area contributed by atoms with Crippen molar-refractivity contribution in [1.29, 1.82) is 0 Å². The largest absolute Gasteiger partial charge is 0.455 e. The predicted octanol–water partition coefficient (Wildman–Crippen LogP) is 12.0. The predicted molar refractivity (Wildman–Crippen MR) is 183 cm³/mol. The van der Waals surface area contributed by atoms with Crippen LogP contribution in [0.25, 0.3) is 87.6 Å². The quantitative estimate of drug-likeness (QED) is 0.199. The molecular formula is C42H26O. The van der Waals surface area contributed by atoms with Crippen LogP contribution < -0.4 is 0 Å². The standard InChI is InChI=1S/C42H26O/c1-2-12-27(13-3-1)29-15-10-16-30(26-29)39-32-18-6-8-20-34(32)40(35-21-9-7-19-33(35)39)36-22-11-23-38-41(36)37-25-24-28-14-4-5-17-31(28)42(37)43-38/h1-26H/i4D,5D,14D,17D,24D,25D. The zero-order chi connectivity index (χ0) is 33.6. The Kier molecular flexibility index (Phi) is 4.11. The summed E-state index contributed by atoms with van der Waals surface area (Å²) in [6, 6.07) is 39.5. The van der Waals surface area contributed by atoms with Gasteiger partial charge in [0.2, 0.25) is 0 Å². The lowest BCUT2D eigenvalue weighted by Gasteiger charge is -2.18. The second-order valence-corrected chi connectivity index (χ2v) is 10.8. The van der Waals surface area contributed by atoms with Gasteiger partial charge in [0.15, 0.2) is 0 Å². The monoisotopic (exact) mass is 552 g/mol. The maximum Gasteiger partial charge on any atom is 0.143 e. The highest BCUT2D eigenvalue weighted by Crippen LogP contribution is 2.47. The Hall–Kier alpha value is -5.66. The van der Waals surface area contributed by atoms with Gasteiger partial charge in [-0.25, -0.2) is 0 Å². The molecule has 9 aromatic rings. The lowest BCUT2D eigenvalue weighted by Crippen LogP contribution is -1.91. The summed E-state index contributed by atoms with van der Waals surface area (Å²) in [5.41, 5.74) is 6.94. The molecule has 0 amide bonds. The molecule has 0 aliphatic rings. The highest BCUT2D eigenvalue weighted by Gasteiger charge is 2.20. The molecule has 0 spiro atoms. The van der Waals surface area contributed by atoms with E-state index in [2.05, 4.69) is 60.7 Å². The molecule has 0 aliphatic heterocycles. The van der Waals surface area contributed by atoms with Gasteiger partial charge in [0.05, 0.1) is 8.22 Å². The summed E-state index contributed by atoms with van der Waals surface area (Å²) >= 11 is 0. The van der Waals surface area contributed by atoms with Crippen molar-refractivity contribution < 1.29 is 12.6 Å². The molecule has 0 unspecified atom stereocenters. The van der Waals surface area contributed by atoms with Crippen LogP contribution in [0.2, 0.25) is 0 Å². The van der Waals surface area contributed by atoms with Gasteiger partial charge in [-0.15, -0.1) is 0 Å². The molecule has 0 N–H and O–H groups in total. The number of hydrogen-bond acceptors (Lipinski definition) is 1. The average Bonchev–Trinajstić information content (AvgIpc) is 3.54. The van der Waals surface area contributed by atoms with E-state index in [-0.39, 0.29) is 40.5 Å². The fourth-order valence-electron chi connectivity index (χ4n) is 6.57. The second kappa shape index (κ2) is 9.44. The van der Waals surface area contributed by atoms with Crippen LogP contribution in [-0.2, 0) is 0 Å². The van der Waals surface area contributed by atoms with Crippen molar-refractivity contribution in [3.05, 3.63) is 158 Å². The molecule has 200 valence electrons. The summed E-state index contributed by atoms with van der Waals surface area (Å²) in [5.74, 6) is 0. The third kappa shape index (κ3) is 3.65. The van der Waals surface area contributed by atoms with Gasteiger partial charge in [-0.2, -0.15) is 0 Å². The molecular weight excluding hydrogens is 520 g/mol. The third-order valence-corrected chi connectivity index (χ3v) is 8.40. The first-order valence-corrected chi connectivity index (χ1v) is 14.3. The third-order valence-electron chi connectivity index (χ3n) is 8.40. The zero-order valence-electron chi connectivity index (χ0n) is 29.0. The Balaban J connectivity index is 1.42. The zero-order valence-corrected chi connectivity index (χ0v) is 23.0. The fourth-order valence-corrected chi connectivity index (χ4v) is 6.57. The van der Waals surface area contributed by atoms with E-state index in [0.29, 0.717) is 16.4 Å². The van der Waals surface area contributed by atoms with E-state index in [0.717, 1.165) is 54.9 Å². The summed E-state index contributed by atoms with van der Waals surface area (Å²) in [5, 5.41) is 5.28. The molecule has 1 nitrogen and oxygen atoms in total. The lowest BCUT2D eigenvalue weighted by atomic mass is 9.84. The summed E-state index contributed by atoms with van der Waals surface area (Å²) in [6.07, 6.45) is 0. The van der Waals surface area contributed by atoms with Crippen LogP contribution in [0.1, 0.15) is 8.22 Å². The SMILES string of the molecule is [2H]c1c([2H])c([2H])c2c(c1[2H])c([2H])c([2H])c1c2oc2cccc(-c3c4ccccc4c(-c4cccc(-c5ccccc5)c4)c4ccccc34)c21. The van der Waals surface area contributed by atoms with Crippen LogP contribution in [-0.4, -0.2) is 0 Å². The molecule has 0 radical (unpaired) electrons. The van der Waals surface area contributed by atoms with Crippen molar-refractivity contribution in [2.75, 3.05) is 0 Å². The molecule has 43 heavy (non-hydrogen) atoms. The molecule has 1 aromatic heterocycles. The Labute approximate surface area is 257 Å². The van der Waals surface area contributed by atoms with Crippen molar-refractivity contribution >= 4 is 54.3 Å². The molecule has 0 aliphatic carbocycles. The van der Waals surface area contributed by atoms with Crippen molar-refractivity contribution in [3.8, 4) is 33.4 Å². The first-order valence-electron chi connectivity index (χ1n) is 17.3. The molecule has 0 fully saturated rings. The highest BCUT2D eigenvalue weighted by atomic mass is 16.3. The molecule has 1 heterocycles. The van der Waals surface area contributed by atoms with E-state index in [4.69, 9.17) is 11.3 Å². The van der Waals surface area contributed by atoms with E-state index in [1.807, 2.05) is 60.7 Å². The van der Waals surface area contributed by atoms with Crippen molar-refractivity contribution in [2.45, 2.75) is 0 Å². The van der Waals surface area contributed by atoms with E-state index < -0.39 is 12.1 Å². The molecule has 0 atom stereocenters. The van der Waals surface area contributed by atoms with Gasteiger partial charge in [-0.3, -0.25) is 0 Å². The van der Waals surface area contributed by atoms with Gasteiger partial charge < -0.3 is 4.42 Å². The normalized spacial score (nSPS) is 13.7. The minimum Gasteiger partial charge on any atom is -0.455 e. The van der Waals surface area contributed by atoms with Crippen LogP contribution >= 0.6 is 0 Å². The lowest BCUT2D eigenvalue weighted by molar-refractivity contribution is 0.673. The summed E-state index contributed by atoms with van der Waals surface area (Å²) in [6.45, 7) is 0. The van der Waals surface area contributed by atoms with Crippen LogP contribution in [0.5, 0.6) is 0 Å². The second-order valence-electron chi connectivity index (χ2n) is 10.8. The minimum atomic E-state index is -0.436. The molecule has 0 saturated carbocycles. The number of fused-ring (bicyclic) bond motifs is 7. The summed E-state index contributed by atoms with van der Waals surface area (Å²) in [4.78, 5) is 0. The topological polar surface area (TPSA) is 13.1 Å². The molecule has 8 aromatic carbocycles. The van der Waals surface area contributed by atoms with Gasteiger partial charge in [-0.05, 0) is 78.5 Å². The van der Waals surface area contributed by atoms with Gasteiger partial charge in [0.1, 0.15) is 11.2 Å². The highest BCUT2D eigenvalue weighted by molar-refractivity contribution is 6.27. The maximum atomic E-state index is 9.18. The Morgan fingerprint density at radius 2 is 1.07 bits per heavy atom. The van der Waals surface area contributed by atoms with Crippen molar-refractivity contribution in [2.24, 2.45) is 0 Å². The van der Waals surface area contributed by atoms with Gasteiger partial charge in [0.25, 0.3) is 0 Å². The Bertz CT molecular complexity index is 2780. The molecule has 9 rings (SSSR count). The molecule has 1 heteroatoms. The van der Waals surface area contributed by atoms with Crippen LogP contribution in [0.3, 0.4) is 0 Å². The number of hydrogen-bond donors (Lipinski definition) is 0.